The zero-order valence-electron chi connectivity index (χ0n) is 28.6. The number of unbranched alkanes of at least 4 members (excludes halogenated alkanes) is 26. The quantitative estimate of drug-likeness (QED) is 0.0585. The Morgan fingerprint density at radius 2 is 0.762 bits per heavy atom. The summed E-state index contributed by atoms with van der Waals surface area (Å²) in [6.07, 6.45) is 40.5. The molecule has 0 aromatic carbocycles. The van der Waals surface area contributed by atoms with Gasteiger partial charge in [0.2, 0.25) is 0 Å². The van der Waals surface area contributed by atoms with E-state index in [1.54, 1.807) is 0 Å². The first-order valence-electron chi connectivity index (χ1n) is 19.0. The van der Waals surface area contributed by atoms with Crippen LogP contribution in [0.2, 0.25) is 0 Å². The van der Waals surface area contributed by atoms with E-state index in [1.165, 1.54) is 141 Å². The lowest BCUT2D eigenvalue weighted by Gasteiger charge is -2.17. The highest BCUT2D eigenvalue weighted by atomic mass is 16.5. The summed E-state index contributed by atoms with van der Waals surface area (Å²) in [7, 11) is 0. The molecule has 0 aromatic rings. The Hall–Kier alpha value is -1.06. The lowest BCUT2D eigenvalue weighted by Crippen LogP contribution is -2.18. The topological polar surface area (TPSA) is 63.6 Å². The van der Waals surface area contributed by atoms with Gasteiger partial charge in [-0.05, 0) is 32.1 Å². The van der Waals surface area contributed by atoms with E-state index in [0.717, 1.165) is 57.8 Å². The molecule has 0 heterocycles. The molecule has 0 fully saturated rings. The van der Waals surface area contributed by atoms with Crippen molar-refractivity contribution < 1.29 is 19.4 Å². The van der Waals surface area contributed by atoms with Crippen LogP contribution in [0.5, 0.6) is 0 Å². The number of aliphatic carboxylic acids is 1. The molecule has 0 spiro atoms. The molecule has 1 unspecified atom stereocenters. The van der Waals surface area contributed by atoms with Crippen molar-refractivity contribution in [1.29, 1.82) is 0 Å². The molecule has 0 saturated carbocycles. The molecule has 4 heteroatoms. The highest BCUT2D eigenvalue weighted by molar-refractivity contribution is 5.69. The molecule has 0 bridgehead atoms. The van der Waals surface area contributed by atoms with Crippen molar-refractivity contribution in [2.75, 3.05) is 0 Å². The molecule has 42 heavy (non-hydrogen) atoms. The molecule has 0 aromatic heterocycles. The van der Waals surface area contributed by atoms with Crippen molar-refractivity contribution in [3.05, 3.63) is 0 Å². The van der Waals surface area contributed by atoms with Crippen LogP contribution in [0.25, 0.3) is 0 Å². The van der Waals surface area contributed by atoms with Crippen molar-refractivity contribution in [2.24, 2.45) is 0 Å². The Labute approximate surface area is 262 Å². The van der Waals surface area contributed by atoms with Gasteiger partial charge in [0.25, 0.3) is 0 Å². The van der Waals surface area contributed by atoms with Gasteiger partial charge < -0.3 is 9.84 Å². The average molecular weight is 595 g/mol. The van der Waals surface area contributed by atoms with Gasteiger partial charge in [0.15, 0.2) is 0 Å². The van der Waals surface area contributed by atoms with Gasteiger partial charge in [-0.15, -0.1) is 0 Å². The van der Waals surface area contributed by atoms with Crippen LogP contribution in [-0.2, 0) is 14.3 Å². The van der Waals surface area contributed by atoms with Crippen LogP contribution in [0, 0.1) is 0 Å². The molecule has 0 aliphatic carbocycles. The monoisotopic (exact) mass is 595 g/mol. The number of carbonyl (C=O) groups is 2. The third-order valence-electron chi connectivity index (χ3n) is 8.81. The minimum atomic E-state index is -0.688. The number of esters is 1. The fourth-order valence-electron chi connectivity index (χ4n) is 6.06. The molecule has 0 aliphatic rings. The van der Waals surface area contributed by atoms with Crippen LogP contribution in [0.15, 0.2) is 0 Å². The molecule has 4 nitrogen and oxygen atoms in total. The minimum Gasteiger partial charge on any atom is -0.481 e. The summed E-state index contributed by atoms with van der Waals surface area (Å²) in [5, 5.41) is 8.68. The normalized spacial score (nSPS) is 12.0. The van der Waals surface area contributed by atoms with Crippen molar-refractivity contribution in [3.63, 3.8) is 0 Å². The van der Waals surface area contributed by atoms with E-state index in [1.807, 2.05) is 0 Å². The molecule has 250 valence electrons. The first-order valence-corrected chi connectivity index (χ1v) is 19.0. The molecule has 1 atom stereocenters. The zero-order valence-corrected chi connectivity index (χ0v) is 28.6. The third-order valence-corrected chi connectivity index (χ3v) is 8.81. The van der Waals surface area contributed by atoms with Gasteiger partial charge in [-0.25, -0.2) is 0 Å². The van der Waals surface area contributed by atoms with E-state index in [2.05, 4.69) is 13.8 Å². The van der Waals surface area contributed by atoms with Crippen LogP contribution in [0.1, 0.15) is 226 Å². The lowest BCUT2D eigenvalue weighted by atomic mass is 10.0. The number of ether oxygens (including phenoxy) is 1. The molecular formula is C38H74O4. The predicted octanol–water partition coefficient (Wildman–Crippen LogP) is 12.9. The smallest absolute Gasteiger partial charge is 0.306 e. The van der Waals surface area contributed by atoms with E-state index >= 15 is 0 Å². The third kappa shape index (κ3) is 33.4. The number of carbonyl (C=O) groups excluding carboxylic acids is 1. The van der Waals surface area contributed by atoms with Gasteiger partial charge in [-0.1, -0.05) is 181 Å². The Kier molecular flexibility index (Phi) is 33.6. The van der Waals surface area contributed by atoms with E-state index in [0.29, 0.717) is 12.8 Å². The Morgan fingerprint density at radius 3 is 1.12 bits per heavy atom. The number of rotatable bonds is 35. The Balaban J connectivity index is 3.43. The highest BCUT2D eigenvalue weighted by Gasteiger charge is 2.13. The molecule has 1 N–H and O–H groups in total. The predicted molar refractivity (Wildman–Crippen MR) is 181 cm³/mol. The van der Waals surface area contributed by atoms with E-state index in [-0.39, 0.29) is 12.1 Å². The van der Waals surface area contributed by atoms with Crippen LogP contribution in [0.3, 0.4) is 0 Å². The number of carboxylic acid groups (broad SMARTS) is 1. The summed E-state index contributed by atoms with van der Waals surface area (Å²) in [5.74, 6) is -0.683. The number of hydrogen-bond donors (Lipinski definition) is 1. The second-order valence-electron chi connectivity index (χ2n) is 13.1. The van der Waals surface area contributed by atoms with Crippen molar-refractivity contribution >= 4 is 11.9 Å². The zero-order chi connectivity index (χ0) is 30.8. The van der Waals surface area contributed by atoms with Crippen molar-refractivity contribution in [1.82, 2.24) is 0 Å². The second-order valence-corrected chi connectivity index (χ2v) is 13.1. The standard InChI is InChI=1S/C38H74O4/c1-3-5-6-7-8-9-10-11-12-13-14-15-16-17-18-19-20-21-25-28-31-35-38(41)42-36(32-4-2)33-29-26-23-22-24-27-30-34-37(39)40/h36H,3-35H2,1-2H3,(H,39,40). The molecule has 0 saturated heterocycles. The summed E-state index contributed by atoms with van der Waals surface area (Å²) >= 11 is 0. The van der Waals surface area contributed by atoms with Gasteiger partial charge in [-0.3, -0.25) is 9.59 Å². The van der Waals surface area contributed by atoms with Crippen LogP contribution >= 0.6 is 0 Å². The van der Waals surface area contributed by atoms with E-state index in [9.17, 15) is 9.59 Å². The molecular weight excluding hydrogens is 520 g/mol. The van der Waals surface area contributed by atoms with E-state index < -0.39 is 5.97 Å². The summed E-state index contributed by atoms with van der Waals surface area (Å²) < 4.78 is 5.82. The van der Waals surface area contributed by atoms with E-state index in [4.69, 9.17) is 9.84 Å². The summed E-state index contributed by atoms with van der Waals surface area (Å²) in [4.78, 5) is 22.9. The molecule has 0 rings (SSSR count). The first-order chi connectivity index (χ1) is 20.6. The maximum absolute atomic E-state index is 12.3. The highest BCUT2D eigenvalue weighted by Crippen LogP contribution is 2.18. The van der Waals surface area contributed by atoms with Crippen LogP contribution in [0.4, 0.5) is 0 Å². The second kappa shape index (κ2) is 34.4. The summed E-state index contributed by atoms with van der Waals surface area (Å²) in [6.45, 7) is 4.46. The van der Waals surface area contributed by atoms with Crippen molar-refractivity contribution in [3.8, 4) is 0 Å². The minimum absolute atomic E-state index is 0.00434. The molecule has 0 amide bonds. The maximum atomic E-state index is 12.3. The van der Waals surface area contributed by atoms with Gasteiger partial charge in [0, 0.05) is 12.8 Å². The molecule has 0 radical (unpaired) electrons. The fraction of sp³-hybridized carbons (Fsp3) is 0.947. The van der Waals surface area contributed by atoms with Crippen molar-refractivity contribution in [2.45, 2.75) is 232 Å². The number of hydrogen-bond acceptors (Lipinski definition) is 3. The summed E-state index contributed by atoms with van der Waals surface area (Å²) in [6, 6.07) is 0. The summed E-state index contributed by atoms with van der Waals surface area (Å²) in [5.41, 5.74) is 0. The maximum Gasteiger partial charge on any atom is 0.306 e. The first kappa shape index (κ1) is 40.9. The Morgan fingerprint density at radius 1 is 0.429 bits per heavy atom. The fourth-order valence-corrected chi connectivity index (χ4v) is 6.06. The number of carboxylic acids is 1. The lowest BCUT2D eigenvalue weighted by molar-refractivity contribution is -0.150. The average Bonchev–Trinajstić information content (AvgIpc) is 2.97. The van der Waals surface area contributed by atoms with Gasteiger partial charge >= 0.3 is 11.9 Å². The van der Waals surface area contributed by atoms with Crippen LogP contribution in [-0.4, -0.2) is 23.1 Å². The SMILES string of the molecule is CCCCCCCCCCCCCCCCCCCCCCCC(=O)OC(CCC)CCCCCCCCCC(=O)O. The largest absolute Gasteiger partial charge is 0.481 e. The Bertz CT molecular complexity index is 561. The van der Waals surface area contributed by atoms with Gasteiger partial charge in [0.05, 0.1) is 0 Å². The van der Waals surface area contributed by atoms with Gasteiger partial charge in [-0.2, -0.15) is 0 Å². The van der Waals surface area contributed by atoms with Crippen LogP contribution < -0.4 is 0 Å². The van der Waals surface area contributed by atoms with Gasteiger partial charge in [0.1, 0.15) is 6.10 Å². The molecule has 0 aliphatic heterocycles.